The average Bonchev–Trinajstić information content (AvgIpc) is 2.38. The van der Waals surface area contributed by atoms with E-state index in [1.54, 1.807) is 30.3 Å². The second-order valence-electron chi connectivity index (χ2n) is 4.07. The van der Waals surface area contributed by atoms with E-state index in [2.05, 4.69) is 4.74 Å². The molecule has 0 fully saturated rings. The Bertz CT molecular complexity index is 575. The minimum Gasteiger partial charge on any atom is -0.434 e. The van der Waals surface area contributed by atoms with Crippen LogP contribution in [0.5, 0.6) is 5.75 Å². The largest absolute Gasteiger partial charge is 0.434 e. The Kier molecular flexibility index (Phi) is 4.43. The zero-order chi connectivity index (χ0) is 13.8. The van der Waals surface area contributed by atoms with Crippen molar-refractivity contribution in [2.45, 2.75) is 12.9 Å². The summed E-state index contributed by atoms with van der Waals surface area (Å²) in [7, 11) is 2.00. The highest BCUT2D eigenvalue weighted by molar-refractivity contribution is 6.30. The SMILES string of the molecule is BCc1ccc(OC(F)F)c(-c2cccc(Cl)c2)c1. The predicted molar refractivity (Wildman–Crippen MR) is 75.8 cm³/mol. The molecule has 2 aromatic rings. The summed E-state index contributed by atoms with van der Waals surface area (Å²) in [6, 6.07) is 12.3. The van der Waals surface area contributed by atoms with Crippen LogP contribution >= 0.6 is 11.6 Å². The van der Waals surface area contributed by atoms with E-state index in [0.29, 0.717) is 10.6 Å². The van der Waals surface area contributed by atoms with Crippen molar-refractivity contribution in [1.29, 1.82) is 0 Å². The van der Waals surface area contributed by atoms with Gasteiger partial charge in [-0.2, -0.15) is 8.78 Å². The van der Waals surface area contributed by atoms with Crippen LogP contribution in [-0.4, -0.2) is 14.5 Å². The van der Waals surface area contributed by atoms with Gasteiger partial charge in [0.05, 0.1) is 0 Å². The summed E-state index contributed by atoms with van der Waals surface area (Å²) in [5, 5.41) is 0.558. The van der Waals surface area contributed by atoms with Crippen LogP contribution in [0, 0.1) is 0 Å². The first-order chi connectivity index (χ1) is 9.10. The molecule has 0 N–H and O–H groups in total. The molecule has 0 spiro atoms. The molecule has 19 heavy (non-hydrogen) atoms. The van der Waals surface area contributed by atoms with Gasteiger partial charge >= 0.3 is 6.61 Å². The molecule has 0 atom stereocenters. The van der Waals surface area contributed by atoms with E-state index in [1.165, 1.54) is 0 Å². The third-order valence-corrected chi connectivity index (χ3v) is 3.04. The number of alkyl halides is 2. The van der Waals surface area contributed by atoms with Gasteiger partial charge in [0.1, 0.15) is 13.6 Å². The zero-order valence-electron chi connectivity index (χ0n) is 10.4. The molecule has 98 valence electrons. The van der Waals surface area contributed by atoms with Gasteiger partial charge in [-0.25, -0.2) is 0 Å². The molecule has 0 unspecified atom stereocenters. The van der Waals surface area contributed by atoms with Gasteiger partial charge in [-0.1, -0.05) is 41.7 Å². The topological polar surface area (TPSA) is 9.23 Å². The molecular formula is C14H12BClF2O. The maximum atomic E-state index is 12.4. The number of halogens is 3. The van der Waals surface area contributed by atoms with E-state index in [0.717, 1.165) is 17.4 Å². The van der Waals surface area contributed by atoms with Crippen molar-refractivity contribution in [2.75, 3.05) is 0 Å². The quantitative estimate of drug-likeness (QED) is 0.775. The maximum absolute atomic E-state index is 12.4. The number of hydrogen-bond donors (Lipinski definition) is 0. The van der Waals surface area contributed by atoms with Gasteiger partial charge in [0.15, 0.2) is 0 Å². The van der Waals surface area contributed by atoms with Crippen molar-refractivity contribution in [1.82, 2.24) is 0 Å². The van der Waals surface area contributed by atoms with Gasteiger partial charge in [-0.05, 0) is 29.8 Å². The number of ether oxygens (including phenoxy) is 1. The minimum absolute atomic E-state index is 0.162. The second-order valence-corrected chi connectivity index (χ2v) is 4.51. The Morgan fingerprint density at radius 3 is 2.58 bits per heavy atom. The monoisotopic (exact) mass is 280 g/mol. The normalized spacial score (nSPS) is 10.7. The smallest absolute Gasteiger partial charge is 0.387 e. The van der Waals surface area contributed by atoms with Crippen LogP contribution in [0.25, 0.3) is 11.1 Å². The molecule has 0 amide bonds. The molecule has 0 aliphatic heterocycles. The molecule has 0 radical (unpaired) electrons. The van der Waals surface area contributed by atoms with Crippen molar-refractivity contribution >= 4 is 19.4 Å². The molecular weight excluding hydrogens is 268 g/mol. The molecule has 0 aliphatic carbocycles. The van der Waals surface area contributed by atoms with Gasteiger partial charge in [0.25, 0.3) is 0 Å². The summed E-state index contributed by atoms with van der Waals surface area (Å²) < 4.78 is 29.4. The number of rotatable bonds is 4. The third kappa shape index (κ3) is 3.47. The van der Waals surface area contributed by atoms with Crippen LogP contribution in [0.2, 0.25) is 5.02 Å². The van der Waals surface area contributed by atoms with Gasteiger partial charge in [-0.3, -0.25) is 0 Å². The fourth-order valence-electron chi connectivity index (χ4n) is 1.88. The average molecular weight is 281 g/mol. The van der Waals surface area contributed by atoms with E-state index in [1.807, 2.05) is 20.0 Å². The molecule has 0 bridgehead atoms. The summed E-state index contributed by atoms with van der Waals surface area (Å²) in [6.07, 6.45) is 0.822. The Morgan fingerprint density at radius 1 is 1.16 bits per heavy atom. The lowest BCUT2D eigenvalue weighted by molar-refractivity contribution is -0.0494. The first-order valence-corrected chi connectivity index (χ1v) is 6.31. The number of benzene rings is 2. The van der Waals surface area contributed by atoms with Crippen LogP contribution in [0.1, 0.15) is 5.56 Å². The summed E-state index contributed by atoms with van der Waals surface area (Å²) in [5.74, 6) is 0.162. The lowest BCUT2D eigenvalue weighted by atomic mass is 9.93. The maximum Gasteiger partial charge on any atom is 0.387 e. The van der Waals surface area contributed by atoms with E-state index in [9.17, 15) is 8.78 Å². The minimum atomic E-state index is -2.84. The van der Waals surface area contributed by atoms with Gasteiger partial charge in [-0.15, -0.1) is 0 Å². The molecule has 2 rings (SSSR count). The van der Waals surface area contributed by atoms with Gasteiger partial charge in [0.2, 0.25) is 0 Å². The summed E-state index contributed by atoms with van der Waals surface area (Å²) in [4.78, 5) is 0. The molecule has 0 saturated carbocycles. The predicted octanol–water partition coefficient (Wildman–Crippen LogP) is 3.74. The van der Waals surface area contributed by atoms with Gasteiger partial charge < -0.3 is 4.74 Å². The lowest BCUT2D eigenvalue weighted by Gasteiger charge is -2.12. The van der Waals surface area contributed by atoms with Crippen LogP contribution in [-0.2, 0) is 6.32 Å². The highest BCUT2D eigenvalue weighted by atomic mass is 35.5. The first-order valence-electron chi connectivity index (χ1n) is 5.94. The van der Waals surface area contributed by atoms with Gasteiger partial charge in [0, 0.05) is 10.6 Å². The molecule has 0 heterocycles. The lowest BCUT2D eigenvalue weighted by Crippen LogP contribution is -2.03. The Balaban J connectivity index is 2.51. The van der Waals surface area contributed by atoms with Crippen LogP contribution < -0.4 is 4.74 Å². The van der Waals surface area contributed by atoms with Crippen molar-refractivity contribution in [3.05, 3.63) is 53.1 Å². The molecule has 2 aromatic carbocycles. The van der Waals surface area contributed by atoms with Crippen molar-refractivity contribution in [3.63, 3.8) is 0 Å². The summed E-state index contributed by atoms with van der Waals surface area (Å²) in [6.45, 7) is -2.84. The van der Waals surface area contributed by atoms with E-state index < -0.39 is 6.61 Å². The molecule has 0 saturated heterocycles. The highest BCUT2D eigenvalue weighted by Gasteiger charge is 2.12. The third-order valence-electron chi connectivity index (χ3n) is 2.80. The van der Waals surface area contributed by atoms with Crippen molar-refractivity contribution in [2.24, 2.45) is 0 Å². The van der Waals surface area contributed by atoms with Crippen LogP contribution in [0.3, 0.4) is 0 Å². The van der Waals surface area contributed by atoms with Crippen LogP contribution in [0.4, 0.5) is 8.78 Å². The summed E-state index contributed by atoms with van der Waals surface area (Å²) in [5.41, 5.74) is 2.44. The van der Waals surface area contributed by atoms with Crippen LogP contribution in [0.15, 0.2) is 42.5 Å². The molecule has 0 aromatic heterocycles. The second kappa shape index (κ2) is 6.07. The van der Waals surface area contributed by atoms with E-state index >= 15 is 0 Å². The fourth-order valence-corrected chi connectivity index (χ4v) is 2.07. The molecule has 5 heteroatoms. The van der Waals surface area contributed by atoms with E-state index in [4.69, 9.17) is 11.6 Å². The fraction of sp³-hybridized carbons (Fsp3) is 0.143. The Hall–Kier alpha value is -1.55. The Labute approximate surface area is 116 Å². The first kappa shape index (κ1) is 13.9. The molecule has 0 aliphatic rings. The standard InChI is InChI=1S/C14H12BClF2O/c15-8-9-4-5-13(19-14(17)18)12(6-9)10-2-1-3-11(16)7-10/h1-7,14H,8,15H2. The number of hydrogen-bond acceptors (Lipinski definition) is 1. The highest BCUT2D eigenvalue weighted by Crippen LogP contribution is 2.33. The van der Waals surface area contributed by atoms with Crippen molar-refractivity contribution in [3.8, 4) is 16.9 Å². The van der Waals surface area contributed by atoms with Crippen molar-refractivity contribution < 1.29 is 13.5 Å². The summed E-state index contributed by atoms with van der Waals surface area (Å²) >= 11 is 5.94. The molecule has 1 nitrogen and oxygen atoms in total. The Morgan fingerprint density at radius 2 is 1.95 bits per heavy atom. The van der Waals surface area contributed by atoms with E-state index in [-0.39, 0.29) is 5.75 Å². The zero-order valence-corrected chi connectivity index (χ0v) is 11.1.